The lowest BCUT2D eigenvalue weighted by molar-refractivity contribution is -0.121. The van der Waals surface area contributed by atoms with Crippen LogP contribution < -0.4 is 15.4 Å². The molecule has 2 aromatic carbocycles. The number of carbonyl (C=O) groups is 1. The first kappa shape index (κ1) is 19.2. The maximum Gasteiger partial charge on any atom is 0.224 e. The van der Waals surface area contributed by atoms with Gasteiger partial charge in [-0.3, -0.25) is 4.79 Å². The highest BCUT2D eigenvalue weighted by atomic mass is 16.5. The van der Waals surface area contributed by atoms with E-state index in [4.69, 9.17) is 9.84 Å². The number of benzene rings is 2. The Bertz CT molecular complexity index is 945. The highest BCUT2D eigenvalue weighted by molar-refractivity contribution is 5.81. The molecule has 0 bridgehead atoms. The van der Waals surface area contributed by atoms with Crippen molar-refractivity contribution in [2.75, 3.05) is 20.2 Å². The predicted molar refractivity (Wildman–Crippen MR) is 113 cm³/mol. The highest BCUT2D eigenvalue weighted by Crippen LogP contribution is 2.26. The van der Waals surface area contributed by atoms with Crippen LogP contribution in [0.5, 0.6) is 5.75 Å². The molecule has 1 aromatic heterocycles. The van der Waals surface area contributed by atoms with E-state index in [2.05, 4.69) is 10.6 Å². The third-order valence-electron chi connectivity index (χ3n) is 5.19. The largest absolute Gasteiger partial charge is 0.497 e. The molecular weight excluding hydrogens is 364 g/mol. The first-order chi connectivity index (χ1) is 14.2. The molecule has 0 aliphatic carbocycles. The van der Waals surface area contributed by atoms with Crippen LogP contribution in [0.2, 0.25) is 0 Å². The predicted octanol–water partition coefficient (Wildman–Crippen LogP) is 2.96. The zero-order valence-electron chi connectivity index (χ0n) is 16.6. The van der Waals surface area contributed by atoms with Gasteiger partial charge in [-0.25, -0.2) is 4.68 Å². The van der Waals surface area contributed by atoms with Crippen molar-refractivity contribution in [3.05, 3.63) is 66.4 Å². The SMILES string of the molecule is COc1ccc(-c2nn(-c3ccccc3)cc2CC(=O)NC2CCCNC2)cc1. The monoisotopic (exact) mass is 390 g/mol. The summed E-state index contributed by atoms with van der Waals surface area (Å²) in [5, 5.41) is 11.3. The molecule has 2 N–H and O–H groups in total. The van der Waals surface area contributed by atoms with Crippen molar-refractivity contribution >= 4 is 5.91 Å². The van der Waals surface area contributed by atoms with Gasteiger partial charge in [0.05, 0.1) is 24.9 Å². The maximum atomic E-state index is 12.7. The molecule has 3 aromatic rings. The van der Waals surface area contributed by atoms with Gasteiger partial charge in [-0.1, -0.05) is 18.2 Å². The van der Waals surface area contributed by atoms with Crippen molar-refractivity contribution < 1.29 is 9.53 Å². The topological polar surface area (TPSA) is 68.2 Å². The fourth-order valence-corrected chi connectivity index (χ4v) is 3.67. The molecule has 1 atom stereocenters. The number of hydrogen-bond acceptors (Lipinski definition) is 4. The number of nitrogens with zero attached hydrogens (tertiary/aromatic N) is 2. The zero-order chi connectivity index (χ0) is 20.1. The third-order valence-corrected chi connectivity index (χ3v) is 5.19. The van der Waals surface area contributed by atoms with Gasteiger partial charge >= 0.3 is 0 Å². The Hall–Kier alpha value is -3.12. The van der Waals surface area contributed by atoms with Crippen molar-refractivity contribution in [2.24, 2.45) is 0 Å². The van der Waals surface area contributed by atoms with Gasteiger partial charge in [-0.2, -0.15) is 5.10 Å². The number of aromatic nitrogens is 2. The minimum Gasteiger partial charge on any atom is -0.497 e. The minimum atomic E-state index is 0.0288. The molecule has 1 aliphatic heterocycles. The summed E-state index contributed by atoms with van der Waals surface area (Å²) < 4.78 is 7.10. The quantitative estimate of drug-likeness (QED) is 0.679. The lowest BCUT2D eigenvalue weighted by atomic mass is 10.0. The molecule has 2 heterocycles. The summed E-state index contributed by atoms with van der Waals surface area (Å²) in [6.45, 7) is 1.86. The normalized spacial score (nSPS) is 16.4. The van der Waals surface area contributed by atoms with E-state index in [-0.39, 0.29) is 11.9 Å². The maximum absolute atomic E-state index is 12.7. The van der Waals surface area contributed by atoms with Gasteiger partial charge in [0, 0.05) is 29.9 Å². The molecule has 150 valence electrons. The lowest BCUT2D eigenvalue weighted by Crippen LogP contribution is -2.46. The van der Waals surface area contributed by atoms with Gasteiger partial charge in [0.2, 0.25) is 5.91 Å². The van der Waals surface area contributed by atoms with Crippen LogP contribution in [0.3, 0.4) is 0 Å². The van der Waals surface area contributed by atoms with Crippen LogP contribution in [0.1, 0.15) is 18.4 Å². The van der Waals surface area contributed by atoms with Gasteiger partial charge in [-0.15, -0.1) is 0 Å². The summed E-state index contributed by atoms with van der Waals surface area (Å²) in [6.07, 6.45) is 4.36. The Kier molecular flexibility index (Phi) is 5.91. The van der Waals surface area contributed by atoms with E-state index in [0.29, 0.717) is 6.42 Å². The molecular formula is C23H26N4O2. The standard InChI is InChI=1S/C23H26N4O2/c1-29-21-11-9-17(10-12-21)23-18(14-22(28)25-19-6-5-13-24-15-19)16-27(26-23)20-7-3-2-4-8-20/h2-4,7-12,16,19,24H,5-6,13-15H2,1H3,(H,25,28). The van der Waals surface area contributed by atoms with Gasteiger partial charge < -0.3 is 15.4 Å². The van der Waals surface area contributed by atoms with Crippen LogP contribution in [0.15, 0.2) is 60.8 Å². The smallest absolute Gasteiger partial charge is 0.224 e. The first-order valence-corrected chi connectivity index (χ1v) is 10.0. The molecule has 1 amide bonds. The summed E-state index contributed by atoms with van der Waals surface area (Å²) in [5.41, 5.74) is 3.64. The number of amides is 1. The Morgan fingerprint density at radius 3 is 2.69 bits per heavy atom. The second-order valence-electron chi connectivity index (χ2n) is 7.30. The van der Waals surface area contributed by atoms with Crippen molar-refractivity contribution in [3.63, 3.8) is 0 Å². The van der Waals surface area contributed by atoms with E-state index < -0.39 is 0 Å². The summed E-state index contributed by atoms with van der Waals surface area (Å²) in [6, 6.07) is 17.9. The van der Waals surface area contributed by atoms with Crippen LogP contribution >= 0.6 is 0 Å². The van der Waals surface area contributed by atoms with E-state index in [0.717, 1.165) is 54.2 Å². The van der Waals surface area contributed by atoms with Crippen LogP contribution in [0, 0.1) is 0 Å². The molecule has 1 fully saturated rings. The van der Waals surface area contributed by atoms with Crippen LogP contribution in [0.4, 0.5) is 0 Å². The van der Waals surface area contributed by atoms with Gasteiger partial charge in [0.25, 0.3) is 0 Å². The van der Waals surface area contributed by atoms with Gasteiger partial charge in [0.15, 0.2) is 0 Å². The summed E-state index contributed by atoms with van der Waals surface area (Å²) >= 11 is 0. The van der Waals surface area contributed by atoms with E-state index >= 15 is 0 Å². The van der Waals surface area contributed by atoms with Crippen molar-refractivity contribution in [1.29, 1.82) is 0 Å². The molecule has 1 aliphatic rings. The molecule has 29 heavy (non-hydrogen) atoms. The van der Waals surface area contributed by atoms with E-state index in [1.165, 1.54) is 0 Å². The third kappa shape index (κ3) is 4.66. The zero-order valence-corrected chi connectivity index (χ0v) is 16.6. The number of methoxy groups -OCH3 is 1. The second kappa shape index (κ2) is 8.92. The Balaban J connectivity index is 1.61. The van der Waals surface area contributed by atoms with E-state index in [1.54, 1.807) is 7.11 Å². The van der Waals surface area contributed by atoms with Gasteiger partial charge in [-0.05, 0) is 55.8 Å². The molecule has 0 saturated carbocycles. The number of nitrogens with one attached hydrogen (secondary N) is 2. The van der Waals surface area contributed by atoms with Crippen LogP contribution in [-0.4, -0.2) is 41.9 Å². The fraction of sp³-hybridized carbons (Fsp3) is 0.304. The molecule has 0 spiro atoms. The average molecular weight is 390 g/mol. The number of rotatable bonds is 6. The Morgan fingerprint density at radius 2 is 2.00 bits per heavy atom. The van der Waals surface area contributed by atoms with Crippen LogP contribution in [-0.2, 0) is 11.2 Å². The van der Waals surface area contributed by atoms with Crippen molar-refractivity contribution in [1.82, 2.24) is 20.4 Å². The Labute approximate surface area is 170 Å². The first-order valence-electron chi connectivity index (χ1n) is 10.0. The molecule has 1 unspecified atom stereocenters. The fourth-order valence-electron chi connectivity index (χ4n) is 3.67. The van der Waals surface area contributed by atoms with E-state index in [9.17, 15) is 4.79 Å². The second-order valence-corrected chi connectivity index (χ2v) is 7.30. The summed E-state index contributed by atoms with van der Waals surface area (Å²) in [4.78, 5) is 12.7. The number of piperidine rings is 1. The molecule has 4 rings (SSSR count). The van der Waals surface area contributed by atoms with Crippen molar-refractivity contribution in [3.8, 4) is 22.7 Å². The number of carbonyl (C=O) groups excluding carboxylic acids is 1. The number of hydrogen-bond donors (Lipinski definition) is 2. The van der Waals surface area contributed by atoms with E-state index in [1.807, 2.05) is 65.5 Å². The Morgan fingerprint density at radius 1 is 1.21 bits per heavy atom. The minimum absolute atomic E-state index is 0.0288. The average Bonchev–Trinajstić information content (AvgIpc) is 3.18. The number of para-hydroxylation sites is 1. The lowest BCUT2D eigenvalue weighted by Gasteiger charge is -2.23. The van der Waals surface area contributed by atoms with Crippen LogP contribution in [0.25, 0.3) is 16.9 Å². The highest BCUT2D eigenvalue weighted by Gasteiger charge is 2.19. The molecule has 0 radical (unpaired) electrons. The molecule has 1 saturated heterocycles. The van der Waals surface area contributed by atoms with Gasteiger partial charge in [0.1, 0.15) is 5.75 Å². The summed E-state index contributed by atoms with van der Waals surface area (Å²) in [7, 11) is 1.65. The molecule has 6 nitrogen and oxygen atoms in total. The number of ether oxygens (including phenoxy) is 1. The molecule has 6 heteroatoms. The van der Waals surface area contributed by atoms with Crippen molar-refractivity contribution in [2.45, 2.75) is 25.3 Å². The summed E-state index contributed by atoms with van der Waals surface area (Å²) in [5.74, 6) is 0.821.